The van der Waals surface area contributed by atoms with Gasteiger partial charge in [0.1, 0.15) is 5.60 Å². The van der Waals surface area contributed by atoms with Crippen LogP contribution in [-0.2, 0) is 24.2 Å². The summed E-state index contributed by atoms with van der Waals surface area (Å²) in [7, 11) is -3.05. The van der Waals surface area contributed by atoms with Gasteiger partial charge in [0.05, 0.1) is 36.0 Å². The second kappa shape index (κ2) is 6.55. The molecule has 1 aliphatic carbocycles. The van der Waals surface area contributed by atoms with Gasteiger partial charge < -0.3 is 14.5 Å². The molecule has 1 saturated carbocycles. The van der Waals surface area contributed by atoms with Crippen molar-refractivity contribution in [1.29, 1.82) is 0 Å². The molecule has 4 aliphatic heterocycles. The van der Waals surface area contributed by atoms with Gasteiger partial charge in [-0.1, -0.05) is 37.8 Å². The molecule has 154 valence electrons. The maximum absolute atomic E-state index is 13.4. The van der Waals surface area contributed by atoms with E-state index < -0.39 is 27.3 Å². The minimum Gasteiger partial charge on any atom is -0.360 e. The molecule has 1 spiro atoms. The number of sulfone groups is 1. The van der Waals surface area contributed by atoms with E-state index >= 15 is 0 Å². The van der Waals surface area contributed by atoms with E-state index in [1.54, 1.807) is 4.90 Å². The molecule has 0 unspecified atom stereocenters. The van der Waals surface area contributed by atoms with Crippen molar-refractivity contribution in [2.45, 2.75) is 56.3 Å². The fourth-order valence-corrected chi connectivity index (χ4v) is 7.03. The summed E-state index contributed by atoms with van der Waals surface area (Å²) >= 11 is 0. The van der Waals surface area contributed by atoms with E-state index in [9.17, 15) is 18.0 Å². The van der Waals surface area contributed by atoms with Gasteiger partial charge in [0.2, 0.25) is 11.8 Å². The van der Waals surface area contributed by atoms with Crippen molar-refractivity contribution in [3.05, 3.63) is 12.2 Å². The highest BCUT2D eigenvalue weighted by Gasteiger charge is 2.67. The van der Waals surface area contributed by atoms with Crippen molar-refractivity contribution < 1.29 is 22.7 Å². The zero-order chi connectivity index (χ0) is 19.5. The minimum atomic E-state index is -3.05. The number of rotatable bonds is 2. The summed E-state index contributed by atoms with van der Waals surface area (Å²) in [6, 6.07) is 0.252. The third-order valence-corrected chi connectivity index (χ3v) is 8.95. The Morgan fingerprint density at radius 3 is 2.46 bits per heavy atom. The lowest BCUT2D eigenvalue weighted by Gasteiger charge is -2.33. The van der Waals surface area contributed by atoms with Gasteiger partial charge in [0.15, 0.2) is 9.84 Å². The van der Waals surface area contributed by atoms with Gasteiger partial charge in [-0.3, -0.25) is 9.59 Å². The molecule has 2 amide bonds. The van der Waals surface area contributed by atoms with Crippen LogP contribution in [0.3, 0.4) is 0 Å². The Labute approximate surface area is 166 Å². The van der Waals surface area contributed by atoms with Gasteiger partial charge in [-0.15, -0.1) is 0 Å². The highest BCUT2D eigenvalue weighted by molar-refractivity contribution is 7.91. The lowest BCUT2D eigenvalue weighted by atomic mass is 9.76. The van der Waals surface area contributed by atoms with Crippen molar-refractivity contribution >= 4 is 21.7 Å². The molecule has 0 aromatic heterocycles. The topological polar surface area (TPSA) is 84.0 Å². The van der Waals surface area contributed by atoms with E-state index in [0.717, 1.165) is 25.7 Å². The number of fused-ring (bicyclic) bond motifs is 1. The maximum Gasteiger partial charge on any atom is 0.230 e. The number of hydrogen-bond donors (Lipinski definition) is 0. The molecule has 4 atom stereocenters. The lowest BCUT2D eigenvalue weighted by molar-refractivity contribution is -0.144. The monoisotopic (exact) mass is 408 g/mol. The Morgan fingerprint density at radius 2 is 1.79 bits per heavy atom. The first-order chi connectivity index (χ1) is 13.4. The average Bonchev–Trinajstić information content (AvgIpc) is 3.21. The highest BCUT2D eigenvalue weighted by Crippen LogP contribution is 2.53. The van der Waals surface area contributed by atoms with Crippen LogP contribution in [0.2, 0.25) is 0 Å². The summed E-state index contributed by atoms with van der Waals surface area (Å²) in [5, 5.41) is 0. The van der Waals surface area contributed by atoms with E-state index in [-0.39, 0.29) is 48.6 Å². The molecule has 2 bridgehead atoms. The van der Waals surface area contributed by atoms with Crippen LogP contribution in [0.25, 0.3) is 0 Å². The van der Waals surface area contributed by atoms with Crippen LogP contribution in [0.4, 0.5) is 0 Å². The van der Waals surface area contributed by atoms with Crippen LogP contribution in [0.15, 0.2) is 12.2 Å². The van der Waals surface area contributed by atoms with E-state index in [1.165, 1.54) is 12.8 Å². The van der Waals surface area contributed by atoms with Crippen molar-refractivity contribution in [3.63, 3.8) is 0 Å². The van der Waals surface area contributed by atoms with Gasteiger partial charge in [-0.2, -0.15) is 0 Å². The molecule has 7 nitrogen and oxygen atoms in total. The third-order valence-electron chi connectivity index (χ3n) is 7.34. The number of nitrogens with zero attached hydrogens (tertiary/aromatic N) is 2. The van der Waals surface area contributed by atoms with Crippen molar-refractivity contribution in [2.24, 2.45) is 11.8 Å². The summed E-state index contributed by atoms with van der Waals surface area (Å²) in [5.74, 6) is -1.03. The van der Waals surface area contributed by atoms with Gasteiger partial charge in [0, 0.05) is 19.1 Å². The summed E-state index contributed by atoms with van der Waals surface area (Å²) in [5.41, 5.74) is -0.670. The largest absolute Gasteiger partial charge is 0.360 e. The molecule has 4 fully saturated rings. The quantitative estimate of drug-likeness (QED) is 0.497. The summed E-state index contributed by atoms with van der Waals surface area (Å²) in [4.78, 5) is 30.3. The summed E-state index contributed by atoms with van der Waals surface area (Å²) < 4.78 is 29.7. The molecule has 8 heteroatoms. The second-order valence-electron chi connectivity index (χ2n) is 8.99. The normalized spacial score (nSPS) is 40.0. The van der Waals surface area contributed by atoms with Crippen LogP contribution in [-0.4, -0.2) is 78.9 Å². The van der Waals surface area contributed by atoms with Gasteiger partial charge in [0.25, 0.3) is 0 Å². The molecular formula is C20H28N2O5S. The molecule has 3 saturated heterocycles. The van der Waals surface area contributed by atoms with Crippen molar-refractivity contribution in [2.75, 3.05) is 31.1 Å². The van der Waals surface area contributed by atoms with E-state index in [2.05, 4.69) is 0 Å². The number of amides is 2. The number of carbonyl (C=O) groups is 2. The van der Waals surface area contributed by atoms with Crippen LogP contribution in [0, 0.1) is 11.8 Å². The first-order valence-electron chi connectivity index (χ1n) is 10.6. The zero-order valence-corrected chi connectivity index (χ0v) is 16.9. The third kappa shape index (κ3) is 2.83. The zero-order valence-electron chi connectivity index (χ0n) is 16.1. The molecule has 0 radical (unpaired) electrons. The van der Waals surface area contributed by atoms with E-state index in [1.807, 2.05) is 17.1 Å². The molecule has 5 aliphatic rings. The molecule has 28 heavy (non-hydrogen) atoms. The number of hydrogen-bond acceptors (Lipinski definition) is 5. The van der Waals surface area contributed by atoms with Crippen LogP contribution in [0.5, 0.6) is 0 Å². The average molecular weight is 409 g/mol. The predicted octanol–water partition coefficient (Wildman–Crippen LogP) is 0.748. The highest BCUT2D eigenvalue weighted by atomic mass is 32.2. The second-order valence-corrected chi connectivity index (χ2v) is 11.3. The Morgan fingerprint density at radius 1 is 1.11 bits per heavy atom. The number of carbonyl (C=O) groups excluding carboxylic acids is 2. The van der Waals surface area contributed by atoms with Gasteiger partial charge >= 0.3 is 0 Å². The maximum atomic E-state index is 13.4. The fraction of sp³-hybridized carbons (Fsp3) is 0.800. The Hall–Kier alpha value is -1.41. The lowest BCUT2D eigenvalue weighted by Crippen LogP contribution is -2.51. The Kier molecular flexibility index (Phi) is 4.36. The molecule has 5 rings (SSSR count). The van der Waals surface area contributed by atoms with Crippen LogP contribution >= 0.6 is 0 Å². The van der Waals surface area contributed by atoms with Gasteiger partial charge in [-0.05, 0) is 12.8 Å². The van der Waals surface area contributed by atoms with E-state index in [0.29, 0.717) is 6.54 Å². The molecule has 0 aromatic carbocycles. The molecule has 0 aromatic rings. The van der Waals surface area contributed by atoms with Crippen molar-refractivity contribution in [3.8, 4) is 0 Å². The first kappa shape index (κ1) is 18.6. The Bertz CT molecular complexity index is 802. The molecular weight excluding hydrogens is 380 g/mol. The van der Waals surface area contributed by atoms with Crippen LogP contribution < -0.4 is 0 Å². The van der Waals surface area contributed by atoms with Crippen LogP contribution in [0.1, 0.15) is 38.5 Å². The van der Waals surface area contributed by atoms with Crippen molar-refractivity contribution in [1.82, 2.24) is 9.80 Å². The SMILES string of the molecule is O=C([C@@H]1[C@@H]2C=C[C@@]3(CN(C4CCCCCC4)C(=O)[C@@H]13)O2)N1CCS(=O)(=O)CC1. The smallest absolute Gasteiger partial charge is 0.230 e. The first-order valence-corrected chi connectivity index (χ1v) is 12.4. The standard InChI is InChI=1S/C20H28N2O5S/c23-18(21-9-11-28(25,26)12-10-21)16-15-7-8-20(27-15)13-22(19(24)17(16)20)14-5-3-1-2-4-6-14/h7-8,14-17H,1-6,9-13H2/t15-,16+,17+,20-/m0/s1. The molecule has 4 heterocycles. The number of likely N-dealkylation sites (tertiary alicyclic amines) is 1. The minimum absolute atomic E-state index is 0.00474. The van der Waals surface area contributed by atoms with E-state index in [4.69, 9.17) is 4.74 Å². The fourth-order valence-electron chi connectivity index (χ4n) is 5.83. The van der Waals surface area contributed by atoms with Gasteiger partial charge in [-0.25, -0.2) is 8.42 Å². The summed E-state index contributed by atoms with van der Waals surface area (Å²) in [6.45, 7) is 0.981. The Balaban J connectivity index is 1.37. The number of ether oxygens (including phenoxy) is 1. The summed E-state index contributed by atoms with van der Waals surface area (Å²) in [6.07, 6.45) is 10.4. The predicted molar refractivity (Wildman–Crippen MR) is 102 cm³/mol. The molecule has 0 N–H and O–H groups in total.